The molecular formula is C12H15N3O2. The van der Waals surface area contributed by atoms with E-state index in [2.05, 4.69) is 15.5 Å². The molecule has 2 N–H and O–H groups in total. The van der Waals surface area contributed by atoms with Crippen LogP contribution in [0.3, 0.4) is 0 Å². The van der Waals surface area contributed by atoms with E-state index >= 15 is 0 Å². The maximum absolute atomic E-state index is 9.20. The Balaban J connectivity index is 1.93. The van der Waals surface area contributed by atoms with Crippen LogP contribution < -0.4 is 5.32 Å². The molecule has 0 saturated carbocycles. The number of hydrogen-bond acceptors (Lipinski definition) is 5. The highest BCUT2D eigenvalue weighted by Crippen LogP contribution is 2.16. The highest BCUT2D eigenvalue weighted by molar-refractivity contribution is 5.27. The van der Waals surface area contributed by atoms with Crippen LogP contribution in [-0.2, 0) is 6.54 Å². The SMILES string of the molecule is Cc1noc(CNC(C)c2ccc(O)cc2)n1. The van der Waals surface area contributed by atoms with E-state index in [4.69, 9.17) is 4.52 Å². The summed E-state index contributed by atoms with van der Waals surface area (Å²) >= 11 is 0. The van der Waals surface area contributed by atoms with Crippen molar-refractivity contribution in [2.45, 2.75) is 26.4 Å². The lowest BCUT2D eigenvalue weighted by Crippen LogP contribution is -2.18. The number of hydrogen-bond donors (Lipinski definition) is 2. The molecule has 0 radical (unpaired) electrons. The van der Waals surface area contributed by atoms with Crippen LogP contribution in [-0.4, -0.2) is 15.2 Å². The molecule has 0 aliphatic heterocycles. The van der Waals surface area contributed by atoms with Crippen LogP contribution in [0.4, 0.5) is 0 Å². The predicted molar refractivity (Wildman–Crippen MR) is 62.4 cm³/mol. The van der Waals surface area contributed by atoms with Gasteiger partial charge < -0.3 is 14.9 Å². The molecule has 5 nitrogen and oxygen atoms in total. The fraction of sp³-hybridized carbons (Fsp3) is 0.333. The minimum atomic E-state index is 0.155. The molecule has 1 unspecified atom stereocenters. The van der Waals surface area contributed by atoms with Gasteiger partial charge in [0, 0.05) is 6.04 Å². The Bertz CT molecular complexity index is 479. The smallest absolute Gasteiger partial charge is 0.240 e. The van der Waals surface area contributed by atoms with Gasteiger partial charge in [0.15, 0.2) is 5.82 Å². The first-order chi connectivity index (χ1) is 8.15. The second-order valence-corrected chi connectivity index (χ2v) is 3.93. The molecule has 0 fully saturated rings. The van der Waals surface area contributed by atoms with Gasteiger partial charge in [-0.15, -0.1) is 0 Å². The van der Waals surface area contributed by atoms with E-state index in [9.17, 15) is 5.11 Å². The third kappa shape index (κ3) is 3.04. The lowest BCUT2D eigenvalue weighted by atomic mass is 10.1. The summed E-state index contributed by atoms with van der Waals surface area (Å²) in [5, 5.41) is 16.2. The number of aromatic nitrogens is 2. The second-order valence-electron chi connectivity index (χ2n) is 3.93. The van der Waals surface area contributed by atoms with Crippen LogP contribution in [0, 0.1) is 6.92 Å². The summed E-state index contributed by atoms with van der Waals surface area (Å²) in [5.74, 6) is 1.49. The largest absolute Gasteiger partial charge is 0.508 e. The van der Waals surface area contributed by atoms with Crippen molar-refractivity contribution >= 4 is 0 Å². The van der Waals surface area contributed by atoms with Crippen LogP contribution in [0.25, 0.3) is 0 Å². The molecule has 1 heterocycles. The van der Waals surface area contributed by atoms with Crippen molar-refractivity contribution in [1.82, 2.24) is 15.5 Å². The Morgan fingerprint density at radius 1 is 1.35 bits per heavy atom. The molecule has 1 aromatic heterocycles. The van der Waals surface area contributed by atoms with E-state index < -0.39 is 0 Å². The van der Waals surface area contributed by atoms with Crippen molar-refractivity contribution in [3.63, 3.8) is 0 Å². The quantitative estimate of drug-likeness (QED) is 0.844. The maximum atomic E-state index is 9.20. The van der Waals surface area contributed by atoms with Crippen molar-refractivity contribution < 1.29 is 9.63 Å². The van der Waals surface area contributed by atoms with Crippen molar-refractivity contribution in [2.24, 2.45) is 0 Å². The molecule has 0 aliphatic rings. The van der Waals surface area contributed by atoms with Crippen LogP contribution in [0.5, 0.6) is 5.75 Å². The molecule has 0 bridgehead atoms. The van der Waals surface area contributed by atoms with Gasteiger partial charge in [-0.3, -0.25) is 0 Å². The molecule has 17 heavy (non-hydrogen) atoms. The lowest BCUT2D eigenvalue weighted by Gasteiger charge is -2.12. The predicted octanol–water partition coefficient (Wildman–Crippen LogP) is 1.93. The third-order valence-electron chi connectivity index (χ3n) is 2.52. The van der Waals surface area contributed by atoms with Crippen LogP contribution in [0.1, 0.15) is 30.2 Å². The van der Waals surface area contributed by atoms with Gasteiger partial charge in [0.2, 0.25) is 5.89 Å². The van der Waals surface area contributed by atoms with E-state index in [1.165, 1.54) is 0 Å². The monoisotopic (exact) mass is 233 g/mol. The summed E-state index contributed by atoms with van der Waals surface area (Å²) in [6.07, 6.45) is 0. The number of rotatable bonds is 4. The summed E-state index contributed by atoms with van der Waals surface area (Å²) in [5.41, 5.74) is 1.10. The summed E-state index contributed by atoms with van der Waals surface area (Å²) in [6, 6.07) is 7.26. The van der Waals surface area contributed by atoms with Gasteiger partial charge in [-0.1, -0.05) is 17.3 Å². The highest BCUT2D eigenvalue weighted by Gasteiger charge is 2.07. The average Bonchev–Trinajstić information content (AvgIpc) is 2.73. The fourth-order valence-corrected chi connectivity index (χ4v) is 1.53. The molecule has 1 atom stereocenters. The number of aryl methyl sites for hydroxylation is 1. The zero-order chi connectivity index (χ0) is 12.3. The summed E-state index contributed by atoms with van der Waals surface area (Å²) in [7, 11) is 0. The van der Waals surface area contributed by atoms with Gasteiger partial charge in [-0.2, -0.15) is 4.98 Å². The molecular weight excluding hydrogens is 218 g/mol. The average molecular weight is 233 g/mol. The van der Waals surface area contributed by atoms with E-state index in [1.54, 1.807) is 19.1 Å². The molecule has 5 heteroatoms. The number of nitrogens with zero attached hydrogens (tertiary/aromatic N) is 2. The van der Waals surface area contributed by atoms with E-state index in [1.807, 2.05) is 19.1 Å². The Morgan fingerprint density at radius 2 is 2.06 bits per heavy atom. The molecule has 0 amide bonds. The highest BCUT2D eigenvalue weighted by atomic mass is 16.5. The first-order valence-electron chi connectivity index (χ1n) is 5.46. The van der Waals surface area contributed by atoms with Crippen molar-refractivity contribution in [3.05, 3.63) is 41.5 Å². The number of phenols is 1. The molecule has 0 aliphatic carbocycles. The van der Waals surface area contributed by atoms with Gasteiger partial charge >= 0.3 is 0 Å². The van der Waals surface area contributed by atoms with E-state index in [0.29, 0.717) is 18.3 Å². The summed E-state index contributed by atoms with van der Waals surface area (Å²) < 4.78 is 5.01. The van der Waals surface area contributed by atoms with Crippen molar-refractivity contribution in [3.8, 4) is 5.75 Å². The Hall–Kier alpha value is -1.88. The Labute approximate surface area is 99.5 Å². The maximum Gasteiger partial charge on any atom is 0.240 e. The number of phenolic OH excluding ortho intramolecular Hbond substituents is 1. The standard InChI is InChI=1S/C12H15N3O2/c1-8(10-3-5-11(16)6-4-10)13-7-12-14-9(2)15-17-12/h3-6,8,13,16H,7H2,1-2H3. The van der Waals surface area contributed by atoms with Crippen molar-refractivity contribution in [1.29, 1.82) is 0 Å². The molecule has 0 spiro atoms. The third-order valence-corrected chi connectivity index (χ3v) is 2.52. The summed E-state index contributed by atoms with van der Waals surface area (Å²) in [6.45, 7) is 4.36. The second kappa shape index (κ2) is 4.97. The first kappa shape index (κ1) is 11.6. The van der Waals surface area contributed by atoms with Crippen LogP contribution in [0.15, 0.2) is 28.8 Å². The first-order valence-corrected chi connectivity index (χ1v) is 5.46. The van der Waals surface area contributed by atoms with Gasteiger partial charge in [0.25, 0.3) is 0 Å². The van der Waals surface area contributed by atoms with Gasteiger partial charge in [0.1, 0.15) is 5.75 Å². The molecule has 0 saturated heterocycles. The lowest BCUT2D eigenvalue weighted by molar-refractivity contribution is 0.357. The minimum absolute atomic E-state index is 0.155. The van der Waals surface area contributed by atoms with E-state index in [0.717, 1.165) is 5.56 Å². The number of nitrogens with one attached hydrogen (secondary N) is 1. The number of aromatic hydroxyl groups is 1. The molecule has 1 aromatic carbocycles. The van der Waals surface area contributed by atoms with E-state index in [-0.39, 0.29) is 11.8 Å². The van der Waals surface area contributed by atoms with Crippen LogP contribution in [0.2, 0.25) is 0 Å². The molecule has 2 rings (SSSR count). The van der Waals surface area contributed by atoms with Gasteiger partial charge in [0.05, 0.1) is 6.54 Å². The topological polar surface area (TPSA) is 71.2 Å². The molecule has 90 valence electrons. The minimum Gasteiger partial charge on any atom is -0.508 e. The zero-order valence-corrected chi connectivity index (χ0v) is 9.84. The van der Waals surface area contributed by atoms with Crippen LogP contribution >= 0.6 is 0 Å². The normalized spacial score (nSPS) is 12.6. The Morgan fingerprint density at radius 3 is 2.65 bits per heavy atom. The number of benzene rings is 1. The Kier molecular flexibility index (Phi) is 3.39. The molecule has 2 aromatic rings. The van der Waals surface area contributed by atoms with Gasteiger partial charge in [-0.05, 0) is 31.5 Å². The van der Waals surface area contributed by atoms with Gasteiger partial charge in [-0.25, -0.2) is 0 Å². The summed E-state index contributed by atoms with van der Waals surface area (Å²) in [4.78, 5) is 4.11. The fourth-order valence-electron chi connectivity index (χ4n) is 1.53. The zero-order valence-electron chi connectivity index (χ0n) is 9.84. The van der Waals surface area contributed by atoms with Crippen molar-refractivity contribution in [2.75, 3.05) is 0 Å².